The summed E-state index contributed by atoms with van der Waals surface area (Å²) in [7, 11) is -5.73. The van der Waals surface area contributed by atoms with Gasteiger partial charge in [-0.3, -0.25) is 0 Å². The van der Waals surface area contributed by atoms with Gasteiger partial charge in [-0.25, -0.2) is 0 Å². The van der Waals surface area contributed by atoms with Gasteiger partial charge in [-0.1, -0.05) is 19.4 Å². The summed E-state index contributed by atoms with van der Waals surface area (Å²) >= 11 is 0. The Labute approximate surface area is 154 Å². The van der Waals surface area contributed by atoms with Crippen molar-refractivity contribution >= 4 is 10.1 Å². The molecule has 2 aromatic rings. The fraction of sp³-hybridized carbons (Fsp3) is 0.333. The number of alkyl halides is 3. The van der Waals surface area contributed by atoms with E-state index >= 15 is 0 Å². The molecule has 1 heterocycles. The SMILES string of the molecule is CCCCOc1ccc2c(c1)COc1cc(OS(=O)(=O)C(F)(F)F)ccc1-2. The van der Waals surface area contributed by atoms with Crippen molar-refractivity contribution in [1.29, 1.82) is 0 Å². The molecule has 146 valence electrons. The van der Waals surface area contributed by atoms with Gasteiger partial charge in [-0.15, -0.1) is 0 Å². The van der Waals surface area contributed by atoms with Crippen LogP contribution in [0.5, 0.6) is 17.2 Å². The summed E-state index contributed by atoms with van der Waals surface area (Å²) in [6, 6.07) is 9.26. The van der Waals surface area contributed by atoms with Crippen LogP contribution in [0.4, 0.5) is 13.2 Å². The maximum Gasteiger partial charge on any atom is 0.534 e. The first-order chi connectivity index (χ1) is 12.7. The van der Waals surface area contributed by atoms with Gasteiger partial charge in [0.05, 0.1) is 6.61 Å². The smallest absolute Gasteiger partial charge is 0.494 e. The molecular weight excluding hydrogens is 385 g/mol. The maximum absolute atomic E-state index is 12.4. The van der Waals surface area contributed by atoms with Crippen LogP contribution in [-0.4, -0.2) is 20.5 Å². The second-order valence-corrected chi connectivity index (χ2v) is 7.49. The summed E-state index contributed by atoms with van der Waals surface area (Å²) in [5, 5.41) is 0. The molecule has 0 aliphatic carbocycles. The number of rotatable bonds is 6. The summed E-state index contributed by atoms with van der Waals surface area (Å²) in [5.74, 6) is 0.497. The molecule has 0 saturated heterocycles. The van der Waals surface area contributed by atoms with Crippen molar-refractivity contribution in [3.05, 3.63) is 42.0 Å². The molecule has 3 rings (SSSR count). The molecule has 5 nitrogen and oxygen atoms in total. The van der Waals surface area contributed by atoms with Crippen molar-refractivity contribution in [1.82, 2.24) is 0 Å². The third kappa shape index (κ3) is 4.13. The van der Waals surface area contributed by atoms with Gasteiger partial charge in [-0.05, 0) is 36.2 Å². The predicted octanol–water partition coefficient (Wildman–Crippen LogP) is 4.65. The number of unbranched alkanes of at least 4 members (excludes halogenated alkanes) is 1. The average molecular weight is 402 g/mol. The Kier molecular flexibility index (Phi) is 5.23. The third-order valence-electron chi connectivity index (χ3n) is 3.96. The number of hydrogen-bond acceptors (Lipinski definition) is 5. The number of ether oxygens (including phenoxy) is 2. The van der Waals surface area contributed by atoms with Crippen molar-refractivity contribution in [2.75, 3.05) is 6.61 Å². The van der Waals surface area contributed by atoms with E-state index in [0.717, 1.165) is 36.1 Å². The fourth-order valence-corrected chi connectivity index (χ4v) is 3.05. The van der Waals surface area contributed by atoms with Crippen LogP contribution in [0.15, 0.2) is 36.4 Å². The molecule has 0 bridgehead atoms. The predicted molar refractivity (Wildman–Crippen MR) is 92.2 cm³/mol. The second kappa shape index (κ2) is 7.30. The fourth-order valence-electron chi connectivity index (χ4n) is 2.60. The van der Waals surface area contributed by atoms with E-state index in [4.69, 9.17) is 9.47 Å². The molecule has 0 radical (unpaired) electrons. The van der Waals surface area contributed by atoms with Crippen molar-refractivity contribution in [3.63, 3.8) is 0 Å². The van der Waals surface area contributed by atoms with Crippen LogP contribution < -0.4 is 13.7 Å². The molecule has 2 aromatic carbocycles. The Bertz CT molecular complexity index is 938. The highest BCUT2D eigenvalue weighted by atomic mass is 32.2. The van der Waals surface area contributed by atoms with Crippen LogP contribution in [0, 0.1) is 0 Å². The zero-order valence-corrected chi connectivity index (χ0v) is 15.2. The number of hydrogen-bond donors (Lipinski definition) is 0. The van der Waals surface area contributed by atoms with Gasteiger partial charge < -0.3 is 13.7 Å². The van der Waals surface area contributed by atoms with Gasteiger partial charge in [-0.2, -0.15) is 21.6 Å². The lowest BCUT2D eigenvalue weighted by Crippen LogP contribution is -2.28. The van der Waals surface area contributed by atoms with Crippen LogP contribution in [0.25, 0.3) is 11.1 Å². The first-order valence-electron chi connectivity index (χ1n) is 8.25. The van der Waals surface area contributed by atoms with Crippen LogP contribution in [-0.2, 0) is 16.7 Å². The molecule has 0 atom stereocenters. The molecule has 0 saturated carbocycles. The lowest BCUT2D eigenvalue weighted by Gasteiger charge is -2.22. The Balaban J connectivity index is 1.84. The molecule has 0 spiro atoms. The highest BCUT2D eigenvalue weighted by Crippen LogP contribution is 2.41. The topological polar surface area (TPSA) is 61.8 Å². The molecule has 27 heavy (non-hydrogen) atoms. The van der Waals surface area contributed by atoms with Crippen LogP contribution >= 0.6 is 0 Å². The second-order valence-electron chi connectivity index (χ2n) is 5.95. The van der Waals surface area contributed by atoms with Crippen molar-refractivity contribution < 1.29 is 35.2 Å². The zero-order chi connectivity index (χ0) is 19.7. The van der Waals surface area contributed by atoms with Crippen LogP contribution in [0.1, 0.15) is 25.3 Å². The summed E-state index contributed by atoms with van der Waals surface area (Å²) in [5.41, 5.74) is -3.16. The standard InChI is InChI=1S/C18H17F3O5S/c1-2-3-8-24-13-4-6-15-12(9-13)11-25-17-10-14(5-7-16(15)17)26-27(22,23)18(19,20)21/h4-7,9-10H,2-3,8,11H2,1H3. The lowest BCUT2D eigenvalue weighted by atomic mass is 9.97. The maximum atomic E-state index is 12.4. The molecule has 1 aliphatic rings. The molecule has 0 N–H and O–H groups in total. The highest BCUT2D eigenvalue weighted by Gasteiger charge is 2.48. The van der Waals surface area contributed by atoms with E-state index < -0.39 is 21.4 Å². The minimum atomic E-state index is -5.73. The average Bonchev–Trinajstić information content (AvgIpc) is 2.60. The summed E-state index contributed by atoms with van der Waals surface area (Å²) < 4.78 is 75.0. The minimum absolute atomic E-state index is 0.183. The lowest BCUT2D eigenvalue weighted by molar-refractivity contribution is -0.0500. The van der Waals surface area contributed by atoms with Gasteiger partial charge in [0, 0.05) is 17.2 Å². The summed E-state index contributed by atoms with van der Waals surface area (Å²) in [6.07, 6.45) is 1.97. The molecule has 1 aliphatic heterocycles. The van der Waals surface area contributed by atoms with Crippen LogP contribution in [0.3, 0.4) is 0 Å². The Morgan fingerprint density at radius 2 is 1.78 bits per heavy atom. The van der Waals surface area contributed by atoms with E-state index in [1.165, 1.54) is 6.07 Å². The first kappa shape index (κ1) is 19.3. The zero-order valence-electron chi connectivity index (χ0n) is 14.4. The van der Waals surface area contributed by atoms with E-state index in [2.05, 4.69) is 11.1 Å². The van der Waals surface area contributed by atoms with Crippen molar-refractivity contribution in [2.24, 2.45) is 0 Å². The van der Waals surface area contributed by atoms with Gasteiger partial charge in [0.2, 0.25) is 0 Å². The molecular formula is C18H17F3O5S. The Morgan fingerprint density at radius 1 is 1.07 bits per heavy atom. The highest BCUT2D eigenvalue weighted by molar-refractivity contribution is 7.88. The molecule has 0 aromatic heterocycles. The van der Waals surface area contributed by atoms with Crippen molar-refractivity contribution in [2.45, 2.75) is 31.9 Å². The summed E-state index contributed by atoms with van der Waals surface area (Å²) in [6.45, 7) is 2.86. The molecule has 0 fully saturated rings. The van der Waals surface area contributed by atoms with Crippen molar-refractivity contribution in [3.8, 4) is 28.4 Å². The van der Waals surface area contributed by atoms with E-state index in [9.17, 15) is 21.6 Å². The number of benzene rings is 2. The minimum Gasteiger partial charge on any atom is -0.494 e. The quantitative estimate of drug-likeness (QED) is 0.400. The van der Waals surface area contributed by atoms with Crippen LogP contribution in [0.2, 0.25) is 0 Å². The third-order valence-corrected chi connectivity index (χ3v) is 4.94. The molecule has 0 amide bonds. The molecule has 0 unspecified atom stereocenters. The Hall–Kier alpha value is -2.42. The van der Waals surface area contributed by atoms with E-state index in [1.807, 2.05) is 18.2 Å². The largest absolute Gasteiger partial charge is 0.534 e. The first-order valence-corrected chi connectivity index (χ1v) is 9.66. The Morgan fingerprint density at radius 3 is 2.48 bits per heavy atom. The van der Waals surface area contributed by atoms with Gasteiger partial charge in [0.1, 0.15) is 23.9 Å². The molecule has 9 heteroatoms. The van der Waals surface area contributed by atoms with E-state index in [0.29, 0.717) is 17.9 Å². The summed E-state index contributed by atoms with van der Waals surface area (Å²) in [4.78, 5) is 0. The van der Waals surface area contributed by atoms with E-state index in [1.54, 1.807) is 0 Å². The van der Waals surface area contributed by atoms with E-state index in [-0.39, 0.29) is 12.4 Å². The normalized spacial score (nSPS) is 13.3. The monoisotopic (exact) mass is 402 g/mol. The van der Waals surface area contributed by atoms with Gasteiger partial charge in [0.15, 0.2) is 0 Å². The number of fused-ring (bicyclic) bond motifs is 3. The number of halogens is 3. The van der Waals surface area contributed by atoms with Gasteiger partial charge in [0.25, 0.3) is 0 Å². The van der Waals surface area contributed by atoms with Gasteiger partial charge >= 0.3 is 15.6 Å².